The Morgan fingerprint density at radius 2 is 2.44 bits per heavy atom. The lowest BCUT2D eigenvalue weighted by Crippen LogP contribution is -2.05. The first kappa shape index (κ1) is 6.93. The van der Waals surface area contributed by atoms with E-state index in [0.29, 0.717) is 5.75 Å². The SMILES string of the molecule is C#CC1CSS(=O)(=O)O1. The summed E-state index contributed by atoms with van der Waals surface area (Å²) in [4.78, 5) is 0. The summed E-state index contributed by atoms with van der Waals surface area (Å²) >= 11 is 0. The lowest BCUT2D eigenvalue weighted by atomic mass is 10.4. The van der Waals surface area contributed by atoms with Gasteiger partial charge in [-0.3, -0.25) is 0 Å². The summed E-state index contributed by atoms with van der Waals surface area (Å²) in [6, 6.07) is 0. The molecule has 0 bridgehead atoms. The predicted molar refractivity (Wildman–Crippen MR) is 35.1 cm³/mol. The van der Waals surface area contributed by atoms with Gasteiger partial charge in [-0.05, 0) is 0 Å². The highest BCUT2D eigenvalue weighted by Gasteiger charge is 2.27. The zero-order chi connectivity index (χ0) is 6.91. The first-order chi connectivity index (χ1) is 4.14. The van der Waals surface area contributed by atoms with E-state index in [1.54, 1.807) is 0 Å². The first-order valence-electron chi connectivity index (χ1n) is 2.18. The van der Waals surface area contributed by atoms with Gasteiger partial charge < -0.3 is 0 Å². The number of hydrogen-bond acceptors (Lipinski definition) is 4. The molecule has 50 valence electrons. The summed E-state index contributed by atoms with van der Waals surface area (Å²) in [5.41, 5.74) is 0. The second-order valence-electron chi connectivity index (χ2n) is 1.44. The van der Waals surface area contributed by atoms with Gasteiger partial charge in [0.1, 0.15) is 6.10 Å². The number of hydrogen-bond donors (Lipinski definition) is 0. The summed E-state index contributed by atoms with van der Waals surface area (Å²) in [7, 11) is -2.59. The molecule has 5 heteroatoms. The standard InChI is InChI=1S/C4H4O3S2/c1-2-4-3-8-9(5,6)7-4/h1,4H,3H2. The van der Waals surface area contributed by atoms with E-state index in [-0.39, 0.29) is 0 Å². The van der Waals surface area contributed by atoms with Crippen molar-refractivity contribution in [2.24, 2.45) is 0 Å². The Balaban J connectivity index is 2.72. The van der Waals surface area contributed by atoms with Crippen LogP contribution in [0.5, 0.6) is 0 Å². The van der Waals surface area contributed by atoms with Crippen molar-refractivity contribution >= 4 is 19.9 Å². The maximum absolute atomic E-state index is 10.4. The van der Waals surface area contributed by atoms with Crippen molar-refractivity contribution in [3.63, 3.8) is 0 Å². The molecule has 0 saturated carbocycles. The zero-order valence-electron chi connectivity index (χ0n) is 4.40. The van der Waals surface area contributed by atoms with E-state index in [2.05, 4.69) is 10.1 Å². The molecule has 0 aromatic heterocycles. The molecule has 0 radical (unpaired) electrons. The third-order valence-corrected chi connectivity index (χ3v) is 3.49. The van der Waals surface area contributed by atoms with Crippen LogP contribution >= 0.6 is 10.8 Å². The molecule has 9 heavy (non-hydrogen) atoms. The second-order valence-corrected chi connectivity index (χ2v) is 4.95. The minimum Gasteiger partial charge on any atom is -0.244 e. The molecule has 1 rings (SSSR count). The monoisotopic (exact) mass is 164 g/mol. The molecule has 1 fully saturated rings. The summed E-state index contributed by atoms with van der Waals surface area (Å²) < 4.78 is 25.3. The Morgan fingerprint density at radius 1 is 1.78 bits per heavy atom. The van der Waals surface area contributed by atoms with Gasteiger partial charge >= 0.3 is 9.15 Å². The van der Waals surface area contributed by atoms with Crippen LogP contribution in [0, 0.1) is 12.3 Å². The molecule has 1 unspecified atom stereocenters. The third kappa shape index (κ3) is 1.61. The topological polar surface area (TPSA) is 43.4 Å². The molecule has 1 heterocycles. The van der Waals surface area contributed by atoms with Crippen LogP contribution in [-0.4, -0.2) is 20.3 Å². The summed E-state index contributed by atoms with van der Waals surface area (Å²) in [5.74, 6) is 2.54. The van der Waals surface area contributed by atoms with Gasteiger partial charge in [0.15, 0.2) is 0 Å². The second kappa shape index (κ2) is 2.21. The Labute approximate surface area is 57.3 Å². The van der Waals surface area contributed by atoms with Gasteiger partial charge in [0.2, 0.25) is 0 Å². The van der Waals surface area contributed by atoms with Crippen LogP contribution < -0.4 is 0 Å². The van der Waals surface area contributed by atoms with Crippen LogP contribution in [0.1, 0.15) is 0 Å². The Kier molecular flexibility index (Phi) is 1.70. The van der Waals surface area contributed by atoms with Gasteiger partial charge in [-0.2, -0.15) is 8.42 Å². The highest BCUT2D eigenvalue weighted by molar-refractivity contribution is 8.70. The minimum atomic E-state index is -3.33. The zero-order valence-corrected chi connectivity index (χ0v) is 6.04. The van der Waals surface area contributed by atoms with E-state index in [0.717, 1.165) is 10.8 Å². The Bertz CT molecular complexity index is 235. The van der Waals surface area contributed by atoms with E-state index < -0.39 is 15.3 Å². The smallest absolute Gasteiger partial charge is 0.244 e. The summed E-state index contributed by atoms with van der Waals surface area (Å²) in [6.07, 6.45) is 4.35. The van der Waals surface area contributed by atoms with Crippen molar-refractivity contribution in [1.29, 1.82) is 0 Å². The predicted octanol–water partition coefficient (Wildman–Crippen LogP) is -0.00360. The first-order valence-corrected chi connectivity index (χ1v) is 5.09. The molecule has 1 aliphatic rings. The fourth-order valence-electron chi connectivity index (χ4n) is 0.419. The van der Waals surface area contributed by atoms with Crippen molar-refractivity contribution in [2.45, 2.75) is 6.10 Å². The average molecular weight is 164 g/mol. The van der Waals surface area contributed by atoms with Crippen molar-refractivity contribution in [1.82, 2.24) is 0 Å². The van der Waals surface area contributed by atoms with Gasteiger partial charge in [0.05, 0.1) is 5.75 Å². The highest BCUT2D eigenvalue weighted by atomic mass is 33.2. The summed E-state index contributed by atoms with van der Waals surface area (Å²) in [5, 5.41) is 0. The van der Waals surface area contributed by atoms with Crippen molar-refractivity contribution in [3.05, 3.63) is 0 Å². The molecule has 0 aromatic rings. The molecule has 0 spiro atoms. The molecule has 0 amide bonds. The Hall–Kier alpha value is -0.180. The molecule has 0 N–H and O–H groups in total. The molecule has 1 aliphatic heterocycles. The van der Waals surface area contributed by atoms with Gasteiger partial charge in [-0.25, -0.2) is 4.18 Å². The maximum Gasteiger partial charge on any atom is 0.323 e. The maximum atomic E-state index is 10.4. The van der Waals surface area contributed by atoms with Gasteiger partial charge in [-0.15, -0.1) is 6.42 Å². The normalized spacial score (nSPS) is 31.7. The van der Waals surface area contributed by atoms with Crippen molar-refractivity contribution in [2.75, 3.05) is 5.75 Å². The van der Waals surface area contributed by atoms with Gasteiger partial charge in [0.25, 0.3) is 0 Å². The fourth-order valence-corrected chi connectivity index (χ4v) is 2.75. The Morgan fingerprint density at radius 3 is 2.67 bits per heavy atom. The van der Waals surface area contributed by atoms with Gasteiger partial charge in [0, 0.05) is 10.8 Å². The van der Waals surface area contributed by atoms with E-state index >= 15 is 0 Å². The molecular formula is C4H4O3S2. The quantitative estimate of drug-likeness (QED) is 0.373. The van der Waals surface area contributed by atoms with Crippen molar-refractivity contribution in [3.8, 4) is 12.3 Å². The largest absolute Gasteiger partial charge is 0.323 e. The lowest BCUT2D eigenvalue weighted by molar-refractivity contribution is 0.306. The molecule has 1 saturated heterocycles. The van der Waals surface area contributed by atoms with E-state index in [4.69, 9.17) is 6.42 Å². The van der Waals surface area contributed by atoms with E-state index in [9.17, 15) is 8.42 Å². The van der Waals surface area contributed by atoms with Crippen LogP contribution in [-0.2, 0) is 13.3 Å². The molecular weight excluding hydrogens is 160 g/mol. The molecule has 0 aromatic carbocycles. The van der Waals surface area contributed by atoms with Gasteiger partial charge in [-0.1, -0.05) is 5.92 Å². The van der Waals surface area contributed by atoms with Crippen LogP contribution in [0.25, 0.3) is 0 Å². The lowest BCUT2D eigenvalue weighted by Gasteiger charge is -1.91. The van der Waals surface area contributed by atoms with Crippen LogP contribution in [0.15, 0.2) is 0 Å². The average Bonchev–Trinajstić information content (AvgIpc) is 2.10. The van der Waals surface area contributed by atoms with Crippen LogP contribution in [0.3, 0.4) is 0 Å². The fraction of sp³-hybridized carbons (Fsp3) is 0.500. The molecule has 0 aliphatic carbocycles. The van der Waals surface area contributed by atoms with Crippen LogP contribution in [0.2, 0.25) is 0 Å². The van der Waals surface area contributed by atoms with E-state index in [1.165, 1.54) is 0 Å². The van der Waals surface area contributed by atoms with Crippen LogP contribution in [0.4, 0.5) is 0 Å². The summed E-state index contributed by atoms with van der Waals surface area (Å²) in [6.45, 7) is 0. The third-order valence-electron chi connectivity index (χ3n) is 0.784. The number of rotatable bonds is 0. The number of terminal acetylenes is 1. The van der Waals surface area contributed by atoms with E-state index in [1.807, 2.05) is 0 Å². The molecule has 1 atom stereocenters. The molecule has 3 nitrogen and oxygen atoms in total. The minimum absolute atomic E-state index is 0.346. The highest BCUT2D eigenvalue weighted by Crippen LogP contribution is 2.25. The van der Waals surface area contributed by atoms with Crippen molar-refractivity contribution < 1.29 is 12.6 Å².